The van der Waals surface area contributed by atoms with Crippen LogP contribution in [0.5, 0.6) is 0 Å². The Hall–Kier alpha value is -0.160. The van der Waals surface area contributed by atoms with E-state index >= 15 is 0 Å². The summed E-state index contributed by atoms with van der Waals surface area (Å²) in [5.74, 6) is 0. The van der Waals surface area contributed by atoms with Crippen LogP contribution in [0.4, 0.5) is 0 Å². The summed E-state index contributed by atoms with van der Waals surface area (Å²) in [7, 11) is 0. The third-order valence-corrected chi connectivity index (χ3v) is 1.03. The summed E-state index contributed by atoms with van der Waals surface area (Å²) >= 11 is 0. The summed E-state index contributed by atoms with van der Waals surface area (Å²) in [6, 6.07) is 0. The zero-order valence-corrected chi connectivity index (χ0v) is 6.88. The van der Waals surface area contributed by atoms with Gasteiger partial charge in [0.25, 0.3) is 0 Å². The molecule has 0 aliphatic rings. The second-order valence-electron chi connectivity index (χ2n) is 1.84. The lowest BCUT2D eigenvalue weighted by Gasteiger charge is -2.02. The van der Waals surface area contributed by atoms with Gasteiger partial charge in [0.1, 0.15) is 0 Å². The first-order chi connectivity index (χ1) is 5.41. The Kier molecular flexibility index (Phi) is 9.70. The summed E-state index contributed by atoms with van der Waals surface area (Å²) in [5, 5.41) is 9.76. The van der Waals surface area contributed by atoms with Gasteiger partial charge in [-0.25, -0.2) is 5.11 Å². The zero-order valence-electron chi connectivity index (χ0n) is 6.88. The van der Waals surface area contributed by atoms with Crippen molar-refractivity contribution < 1.29 is 19.3 Å². The van der Waals surface area contributed by atoms with E-state index in [4.69, 9.17) is 9.47 Å². The maximum Gasteiger partial charge on any atom is 0.180 e. The fourth-order valence-corrected chi connectivity index (χ4v) is 0.541. The Morgan fingerprint density at radius 1 is 0.909 bits per heavy atom. The van der Waals surface area contributed by atoms with Crippen molar-refractivity contribution in [3.63, 3.8) is 0 Å². The highest BCUT2D eigenvalue weighted by atomic mass is 16.6. The maximum absolute atomic E-state index is 9.76. The van der Waals surface area contributed by atoms with E-state index in [9.17, 15) is 5.11 Å². The van der Waals surface area contributed by atoms with Gasteiger partial charge in [0.15, 0.2) is 6.79 Å². The Morgan fingerprint density at radius 3 is 2.00 bits per heavy atom. The molecular formula is C7H15O4. The Morgan fingerprint density at radius 2 is 1.45 bits per heavy atom. The highest BCUT2D eigenvalue weighted by Gasteiger charge is 1.88. The summed E-state index contributed by atoms with van der Waals surface area (Å²) in [6.45, 7) is 4.16. The van der Waals surface area contributed by atoms with Gasteiger partial charge >= 0.3 is 0 Å². The van der Waals surface area contributed by atoms with E-state index in [0.29, 0.717) is 33.0 Å². The minimum Gasteiger partial charge on any atom is -0.379 e. The third-order valence-electron chi connectivity index (χ3n) is 1.03. The number of rotatable bonds is 8. The van der Waals surface area contributed by atoms with E-state index in [-0.39, 0.29) is 0 Å². The second kappa shape index (κ2) is 9.84. The Balaban J connectivity index is 2.69. The number of ether oxygens (including phenoxy) is 3. The van der Waals surface area contributed by atoms with E-state index in [2.05, 4.69) is 4.74 Å². The molecule has 0 N–H and O–H groups in total. The molecule has 0 rings (SSSR count). The monoisotopic (exact) mass is 163 g/mol. The molecule has 4 nitrogen and oxygen atoms in total. The van der Waals surface area contributed by atoms with Crippen molar-refractivity contribution in [3.8, 4) is 0 Å². The van der Waals surface area contributed by atoms with Crippen molar-refractivity contribution in [1.82, 2.24) is 0 Å². The van der Waals surface area contributed by atoms with Gasteiger partial charge in [0, 0.05) is 6.61 Å². The van der Waals surface area contributed by atoms with Crippen molar-refractivity contribution >= 4 is 0 Å². The lowest BCUT2D eigenvalue weighted by atomic mass is 10.7. The molecular weight excluding hydrogens is 148 g/mol. The molecule has 0 fully saturated rings. The van der Waals surface area contributed by atoms with Crippen molar-refractivity contribution in [2.45, 2.75) is 6.92 Å². The Labute approximate surface area is 67.1 Å². The highest BCUT2D eigenvalue weighted by Crippen LogP contribution is 1.79. The predicted molar refractivity (Wildman–Crippen MR) is 38.8 cm³/mol. The van der Waals surface area contributed by atoms with Crippen LogP contribution in [0.1, 0.15) is 6.92 Å². The molecule has 0 aromatic rings. The van der Waals surface area contributed by atoms with Crippen molar-refractivity contribution in [1.29, 1.82) is 0 Å². The summed E-state index contributed by atoms with van der Waals surface area (Å²) in [6.07, 6.45) is 0. The predicted octanol–water partition coefficient (Wildman–Crippen LogP) is 0.444. The maximum atomic E-state index is 9.76. The largest absolute Gasteiger partial charge is 0.379 e. The smallest absolute Gasteiger partial charge is 0.180 e. The van der Waals surface area contributed by atoms with Gasteiger partial charge < -0.3 is 14.2 Å². The number of hydrogen-bond acceptors (Lipinski definition) is 3. The average Bonchev–Trinajstić information content (AvgIpc) is 2.03. The van der Waals surface area contributed by atoms with Gasteiger partial charge in [0.05, 0.1) is 26.4 Å². The fourth-order valence-electron chi connectivity index (χ4n) is 0.541. The molecule has 0 atom stereocenters. The molecule has 0 aliphatic carbocycles. The van der Waals surface area contributed by atoms with E-state index in [1.807, 2.05) is 6.92 Å². The fraction of sp³-hybridized carbons (Fsp3) is 1.00. The molecule has 0 unspecified atom stereocenters. The molecule has 0 heterocycles. The Bertz CT molecular complexity index is 59.5. The molecule has 1 radical (unpaired) electrons. The topological polar surface area (TPSA) is 47.6 Å². The summed E-state index contributed by atoms with van der Waals surface area (Å²) in [5.41, 5.74) is 0. The van der Waals surface area contributed by atoms with Crippen molar-refractivity contribution in [2.75, 3.05) is 39.8 Å². The van der Waals surface area contributed by atoms with Crippen LogP contribution in [0.25, 0.3) is 0 Å². The van der Waals surface area contributed by atoms with Crippen LogP contribution in [0.2, 0.25) is 0 Å². The highest BCUT2D eigenvalue weighted by molar-refractivity contribution is 4.29. The molecule has 0 aromatic heterocycles. The molecule has 0 aromatic carbocycles. The standard InChI is InChI=1S/C7H15O4/c1-2-9-3-4-10-5-6-11-7-8/h2-7H2,1H3. The van der Waals surface area contributed by atoms with Gasteiger partial charge in [-0.1, -0.05) is 0 Å². The molecule has 11 heavy (non-hydrogen) atoms. The van der Waals surface area contributed by atoms with Gasteiger partial charge in [-0.2, -0.15) is 0 Å². The number of hydrogen-bond donors (Lipinski definition) is 0. The molecule has 0 amide bonds. The van der Waals surface area contributed by atoms with Crippen LogP contribution in [0.15, 0.2) is 0 Å². The van der Waals surface area contributed by atoms with Crippen LogP contribution >= 0.6 is 0 Å². The normalized spacial score (nSPS) is 10.4. The minimum atomic E-state index is -0.491. The molecule has 0 spiro atoms. The zero-order chi connectivity index (χ0) is 8.36. The van der Waals surface area contributed by atoms with Crippen LogP contribution in [-0.2, 0) is 19.3 Å². The average molecular weight is 163 g/mol. The van der Waals surface area contributed by atoms with Crippen LogP contribution in [0, 0.1) is 0 Å². The SMILES string of the molecule is CCOCCOCCOC[O]. The first kappa shape index (κ1) is 10.8. The van der Waals surface area contributed by atoms with Crippen LogP contribution < -0.4 is 0 Å². The summed E-state index contributed by atoms with van der Waals surface area (Å²) < 4.78 is 14.6. The molecule has 0 bridgehead atoms. The van der Waals surface area contributed by atoms with Crippen molar-refractivity contribution in [3.05, 3.63) is 0 Å². The first-order valence-corrected chi connectivity index (χ1v) is 3.73. The molecule has 4 heteroatoms. The first-order valence-electron chi connectivity index (χ1n) is 3.73. The van der Waals surface area contributed by atoms with Crippen LogP contribution in [0.3, 0.4) is 0 Å². The van der Waals surface area contributed by atoms with Crippen LogP contribution in [-0.4, -0.2) is 39.8 Å². The van der Waals surface area contributed by atoms with E-state index < -0.39 is 6.79 Å². The lowest BCUT2D eigenvalue weighted by Crippen LogP contribution is -2.09. The van der Waals surface area contributed by atoms with Gasteiger partial charge in [0.2, 0.25) is 0 Å². The minimum absolute atomic E-state index is 0.371. The van der Waals surface area contributed by atoms with E-state index in [0.717, 1.165) is 0 Å². The lowest BCUT2D eigenvalue weighted by molar-refractivity contribution is -0.0654. The molecule has 67 valence electrons. The van der Waals surface area contributed by atoms with E-state index in [1.54, 1.807) is 0 Å². The summed E-state index contributed by atoms with van der Waals surface area (Å²) in [4.78, 5) is 0. The molecule has 0 saturated carbocycles. The van der Waals surface area contributed by atoms with Gasteiger partial charge in [-0.05, 0) is 6.92 Å². The van der Waals surface area contributed by atoms with Gasteiger partial charge in [-0.15, -0.1) is 0 Å². The van der Waals surface area contributed by atoms with Crippen molar-refractivity contribution in [2.24, 2.45) is 0 Å². The van der Waals surface area contributed by atoms with Gasteiger partial charge in [-0.3, -0.25) is 0 Å². The quantitative estimate of drug-likeness (QED) is 0.385. The van der Waals surface area contributed by atoms with E-state index in [1.165, 1.54) is 0 Å². The third kappa shape index (κ3) is 9.84. The molecule has 0 aliphatic heterocycles. The molecule has 0 saturated heterocycles. The second-order valence-corrected chi connectivity index (χ2v) is 1.84.